The second kappa shape index (κ2) is 5.54. The van der Waals surface area contributed by atoms with Crippen LogP contribution in [0, 0.1) is 11.7 Å². The van der Waals surface area contributed by atoms with Crippen LogP contribution in [0.1, 0.15) is 17.2 Å². The lowest BCUT2D eigenvalue weighted by molar-refractivity contribution is 0.198. The molecule has 1 aliphatic heterocycles. The Morgan fingerprint density at radius 1 is 1.25 bits per heavy atom. The molecule has 2 N–H and O–H groups in total. The fraction of sp³-hybridized carbons (Fsp3) is 0.250. The second-order valence-electron chi connectivity index (χ2n) is 5.07. The second-order valence-corrected chi connectivity index (χ2v) is 5.99. The van der Waals surface area contributed by atoms with E-state index in [0.29, 0.717) is 12.2 Å². The van der Waals surface area contributed by atoms with Gasteiger partial charge in [0.1, 0.15) is 11.6 Å². The molecule has 1 heterocycles. The molecule has 2 aromatic rings. The van der Waals surface area contributed by atoms with Gasteiger partial charge >= 0.3 is 0 Å². The van der Waals surface area contributed by atoms with Crippen LogP contribution in [-0.4, -0.2) is 6.61 Å². The van der Waals surface area contributed by atoms with E-state index in [-0.39, 0.29) is 17.8 Å². The van der Waals surface area contributed by atoms with Crippen LogP contribution in [0.15, 0.2) is 46.9 Å². The molecule has 0 radical (unpaired) electrons. The van der Waals surface area contributed by atoms with Gasteiger partial charge in [0.15, 0.2) is 0 Å². The van der Waals surface area contributed by atoms with Crippen LogP contribution in [0.3, 0.4) is 0 Å². The molecule has 4 heteroatoms. The maximum absolute atomic E-state index is 13.9. The molecule has 2 unspecified atom stereocenters. The molecule has 0 saturated heterocycles. The average molecular weight is 336 g/mol. The van der Waals surface area contributed by atoms with E-state index >= 15 is 0 Å². The van der Waals surface area contributed by atoms with Gasteiger partial charge in [-0.05, 0) is 36.2 Å². The van der Waals surface area contributed by atoms with Gasteiger partial charge in [0.2, 0.25) is 0 Å². The first-order chi connectivity index (χ1) is 9.65. The third-order valence-electron chi connectivity index (χ3n) is 3.73. The minimum atomic E-state index is -0.374. The van der Waals surface area contributed by atoms with Gasteiger partial charge in [0.05, 0.1) is 6.61 Å². The molecule has 0 fully saturated rings. The molecule has 0 spiro atoms. The molecular formula is C16H15BrFNO. The van der Waals surface area contributed by atoms with Crippen LogP contribution in [-0.2, 0) is 6.42 Å². The first kappa shape index (κ1) is 13.6. The van der Waals surface area contributed by atoms with Crippen molar-refractivity contribution in [1.82, 2.24) is 0 Å². The Balaban J connectivity index is 1.85. The Bertz CT molecular complexity index is 632. The van der Waals surface area contributed by atoms with Crippen molar-refractivity contribution < 1.29 is 9.13 Å². The number of para-hydroxylation sites is 1. The van der Waals surface area contributed by atoms with Gasteiger partial charge in [-0.25, -0.2) is 4.39 Å². The first-order valence-electron chi connectivity index (χ1n) is 6.56. The van der Waals surface area contributed by atoms with E-state index in [2.05, 4.69) is 15.9 Å². The van der Waals surface area contributed by atoms with Crippen LogP contribution in [0.5, 0.6) is 5.75 Å². The summed E-state index contributed by atoms with van der Waals surface area (Å²) < 4.78 is 20.5. The number of benzene rings is 2. The lowest BCUT2D eigenvalue weighted by Gasteiger charge is -2.30. The number of hydrogen-bond donors (Lipinski definition) is 1. The van der Waals surface area contributed by atoms with Crippen LogP contribution >= 0.6 is 15.9 Å². The Morgan fingerprint density at radius 2 is 2.05 bits per heavy atom. The van der Waals surface area contributed by atoms with E-state index in [1.54, 1.807) is 12.1 Å². The fourth-order valence-electron chi connectivity index (χ4n) is 2.61. The van der Waals surface area contributed by atoms with Crippen molar-refractivity contribution in [3.05, 3.63) is 63.9 Å². The average Bonchev–Trinajstić information content (AvgIpc) is 2.48. The van der Waals surface area contributed by atoms with E-state index < -0.39 is 0 Å². The summed E-state index contributed by atoms with van der Waals surface area (Å²) in [5, 5.41) is 0. The number of ether oxygens (including phenoxy) is 1. The lowest BCUT2D eigenvalue weighted by atomic mass is 9.87. The monoisotopic (exact) mass is 335 g/mol. The number of nitrogens with two attached hydrogens (primary N) is 1. The minimum absolute atomic E-state index is 0.0775. The van der Waals surface area contributed by atoms with Crippen LogP contribution < -0.4 is 10.5 Å². The Kier molecular flexibility index (Phi) is 3.76. The third kappa shape index (κ3) is 2.58. The van der Waals surface area contributed by atoms with Crippen LogP contribution in [0.25, 0.3) is 0 Å². The van der Waals surface area contributed by atoms with Crippen molar-refractivity contribution in [3.8, 4) is 5.75 Å². The van der Waals surface area contributed by atoms with Gasteiger partial charge in [0.25, 0.3) is 0 Å². The fourth-order valence-corrected chi connectivity index (χ4v) is 2.98. The zero-order valence-electron chi connectivity index (χ0n) is 10.9. The summed E-state index contributed by atoms with van der Waals surface area (Å²) in [6, 6.07) is 12.4. The normalized spacial score (nSPS) is 19.1. The highest BCUT2D eigenvalue weighted by molar-refractivity contribution is 9.10. The molecule has 2 aromatic carbocycles. The van der Waals surface area contributed by atoms with Gasteiger partial charge in [0, 0.05) is 22.0 Å². The SMILES string of the molecule is NC(c1cc(Br)ccc1F)C1COc2ccccc2C1. The molecule has 0 aliphatic carbocycles. The number of rotatable bonds is 2. The van der Waals surface area contributed by atoms with Crippen molar-refractivity contribution in [2.24, 2.45) is 11.7 Å². The molecule has 104 valence electrons. The standard InChI is InChI=1S/C16H15BrFNO/c17-12-5-6-14(18)13(8-12)16(19)11-7-10-3-1-2-4-15(10)20-9-11/h1-6,8,11,16H,7,9,19H2. The Morgan fingerprint density at radius 3 is 2.90 bits per heavy atom. The van der Waals surface area contributed by atoms with Crippen molar-refractivity contribution in [1.29, 1.82) is 0 Å². The van der Waals surface area contributed by atoms with Crippen molar-refractivity contribution in [2.45, 2.75) is 12.5 Å². The highest BCUT2D eigenvalue weighted by atomic mass is 79.9. The highest BCUT2D eigenvalue weighted by Gasteiger charge is 2.27. The molecule has 2 nitrogen and oxygen atoms in total. The third-order valence-corrected chi connectivity index (χ3v) is 4.23. The quantitative estimate of drug-likeness (QED) is 0.904. The molecule has 0 bridgehead atoms. The van der Waals surface area contributed by atoms with Gasteiger partial charge in [-0.1, -0.05) is 34.1 Å². The van der Waals surface area contributed by atoms with Gasteiger partial charge in [-0.2, -0.15) is 0 Å². The largest absolute Gasteiger partial charge is 0.493 e. The number of hydrogen-bond acceptors (Lipinski definition) is 2. The predicted molar refractivity (Wildman–Crippen MR) is 80.2 cm³/mol. The first-order valence-corrected chi connectivity index (χ1v) is 7.35. The molecule has 3 rings (SSSR count). The van der Waals surface area contributed by atoms with E-state index in [4.69, 9.17) is 10.5 Å². The maximum Gasteiger partial charge on any atom is 0.128 e. The zero-order chi connectivity index (χ0) is 14.1. The van der Waals surface area contributed by atoms with E-state index in [1.165, 1.54) is 6.07 Å². The van der Waals surface area contributed by atoms with Gasteiger partial charge < -0.3 is 10.5 Å². The molecule has 0 saturated carbocycles. The predicted octanol–water partition coefficient (Wildman–Crippen LogP) is 3.84. The molecule has 0 aromatic heterocycles. The van der Waals surface area contributed by atoms with E-state index in [0.717, 1.165) is 22.2 Å². The smallest absolute Gasteiger partial charge is 0.128 e. The summed E-state index contributed by atoms with van der Waals surface area (Å²) in [4.78, 5) is 0. The van der Waals surface area contributed by atoms with Crippen molar-refractivity contribution in [3.63, 3.8) is 0 Å². The summed E-state index contributed by atoms with van der Waals surface area (Å²) in [6.07, 6.45) is 0.809. The number of fused-ring (bicyclic) bond motifs is 1. The zero-order valence-corrected chi connectivity index (χ0v) is 12.4. The topological polar surface area (TPSA) is 35.2 Å². The summed E-state index contributed by atoms with van der Waals surface area (Å²) in [6.45, 7) is 0.518. The minimum Gasteiger partial charge on any atom is -0.493 e. The number of halogens is 2. The molecule has 1 aliphatic rings. The van der Waals surface area contributed by atoms with E-state index in [1.807, 2.05) is 24.3 Å². The summed E-state index contributed by atoms with van der Waals surface area (Å²) >= 11 is 3.36. The Hall–Kier alpha value is -1.39. The summed E-state index contributed by atoms with van der Waals surface area (Å²) in [5.41, 5.74) is 7.92. The lowest BCUT2D eigenvalue weighted by Crippen LogP contribution is -2.32. The van der Waals surface area contributed by atoms with Crippen LogP contribution in [0.4, 0.5) is 4.39 Å². The van der Waals surface area contributed by atoms with Crippen LogP contribution in [0.2, 0.25) is 0 Å². The van der Waals surface area contributed by atoms with Crippen molar-refractivity contribution >= 4 is 15.9 Å². The summed E-state index contributed by atoms with van der Waals surface area (Å²) in [5.74, 6) is 0.721. The molecule has 20 heavy (non-hydrogen) atoms. The van der Waals surface area contributed by atoms with Gasteiger partial charge in [-0.15, -0.1) is 0 Å². The van der Waals surface area contributed by atoms with Gasteiger partial charge in [-0.3, -0.25) is 0 Å². The summed E-state index contributed by atoms with van der Waals surface area (Å²) in [7, 11) is 0. The maximum atomic E-state index is 13.9. The highest BCUT2D eigenvalue weighted by Crippen LogP contribution is 2.33. The molecule has 0 amide bonds. The van der Waals surface area contributed by atoms with Crippen molar-refractivity contribution in [2.75, 3.05) is 6.61 Å². The van der Waals surface area contributed by atoms with E-state index in [9.17, 15) is 4.39 Å². The molecular weight excluding hydrogens is 321 g/mol. The Labute approximate surface area is 125 Å². The molecule has 2 atom stereocenters.